The zero-order chi connectivity index (χ0) is 13.7. The topological polar surface area (TPSA) is 66.4 Å². The first-order valence-corrected chi connectivity index (χ1v) is 5.69. The van der Waals surface area contributed by atoms with Gasteiger partial charge in [0.05, 0.1) is 5.56 Å². The molecule has 0 saturated carbocycles. The molecule has 0 saturated heterocycles. The quantitative estimate of drug-likeness (QED) is 0.844. The van der Waals surface area contributed by atoms with Gasteiger partial charge in [0.15, 0.2) is 0 Å². The van der Waals surface area contributed by atoms with Crippen molar-refractivity contribution in [2.75, 3.05) is 0 Å². The van der Waals surface area contributed by atoms with Crippen LogP contribution in [0.25, 0.3) is 0 Å². The van der Waals surface area contributed by atoms with Crippen LogP contribution in [0, 0.1) is 12.7 Å². The van der Waals surface area contributed by atoms with Crippen LogP contribution in [0.3, 0.4) is 0 Å². The highest BCUT2D eigenvalue weighted by atomic mass is 19.1. The van der Waals surface area contributed by atoms with Gasteiger partial charge in [-0.05, 0) is 32.4 Å². The van der Waals surface area contributed by atoms with E-state index in [0.29, 0.717) is 6.42 Å². The SMILES string of the molecule is Cc1ccc(F)c(C(=O)NC(C)CCC(=O)O)c1. The standard InChI is InChI=1S/C13H16FNO3/c1-8-3-5-11(14)10(7-8)13(18)15-9(2)4-6-12(16)17/h3,5,7,9H,4,6H2,1-2H3,(H,15,18)(H,16,17). The maximum absolute atomic E-state index is 13.4. The third-order valence-electron chi connectivity index (χ3n) is 2.54. The third kappa shape index (κ3) is 4.16. The number of aryl methyl sites for hydroxylation is 1. The smallest absolute Gasteiger partial charge is 0.303 e. The predicted molar refractivity (Wildman–Crippen MR) is 64.9 cm³/mol. The minimum Gasteiger partial charge on any atom is -0.481 e. The van der Waals surface area contributed by atoms with Gasteiger partial charge >= 0.3 is 5.97 Å². The van der Waals surface area contributed by atoms with Crippen LogP contribution in [0.1, 0.15) is 35.7 Å². The summed E-state index contributed by atoms with van der Waals surface area (Å²) in [6, 6.07) is 3.98. The van der Waals surface area contributed by atoms with E-state index in [1.54, 1.807) is 19.9 Å². The van der Waals surface area contributed by atoms with Gasteiger partial charge in [-0.25, -0.2) is 4.39 Å². The molecule has 1 aromatic carbocycles. The van der Waals surface area contributed by atoms with E-state index in [1.165, 1.54) is 12.1 Å². The number of nitrogens with one attached hydrogen (secondary N) is 1. The number of amides is 1. The Morgan fingerprint density at radius 3 is 2.72 bits per heavy atom. The predicted octanol–water partition coefficient (Wildman–Crippen LogP) is 2.12. The molecule has 0 heterocycles. The number of carboxylic acid groups (broad SMARTS) is 1. The molecule has 0 radical (unpaired) electrons. The maximum atomic E-state index is 13.4. The van der Waals surface area contributed by atoms with E-state index in [9.17, 15) is 14.0 Å². The second-order valence-electron chi connectivity index (χ2n) is 4.29. The number of rotatable bonds is 5. The van der Waals surface area contributed by atoms with Crippen molar-refractivity contribution in [1.82, 2.24) is 5.32 Å². The number of benzene rings is 1. The van der Waals surface area contributed by atoms with Gasteiger partial charge in [0.1, 0.15) is 5.82 Å². The van der Waals surface area contributed by atoms with E-state index in [0.717, 1.165) is 5.56 Å². The molecule has 0 bridgehead atoms. The van der Waals surface area contributed by atoms with Crippen LogP contribution < -0.4 is 5.32 Å². The molecule has 4 nitrogen and oxygen atoms in total. The van der Waals surface area contributed by atoms with Crippen LogP contribution in [-0.2, 0) is 4.79 Å². The van der Waals surface area contributed by atoms with Crippen LogP contribution in [0.2, 0.25) is 0 Å². The van der Waals surface area contributed by atoms with Gasteiger partial charge < -0.3 is 10.4 Å². The fourth-order valence-corrected chi connectivity index (χ4v) is 1.53. The van der Waals surface area contributed by atoms with Crippen molar-refractivity contribution in [3.05, 3.63) is 35.1 Å². The third-order valence-corrected chi connectivity index (χ3v) is 2.54. The van der Waals surface area contributed by atoms with E-state index in [-0.39, 0.29) is 18.0 Å². The Morgan fingerprint density at radius 2 is 2.11 bits per heavy atom. The Balaban J connectivity index is 2.64. The van der Waals surface area contributed by atoms with Gasteiger partial charge in [-0.3, -0.25) is 9.59 Å². The van der Waals surface area contributed by atoms with Crippen molar-refractivity contribution in [2.45, 2.75) is 32.7 Å². The zero-order valence-electron chi connectivity index (χ0n) is 10.4. The Labute approximate surface area is 105 Å². The molecule has 0 aliphatic heterocycles. The number of carbonyl (C=O) groups is 2. The highest BCUT2D eigenvalue weighted by Crippen LogP contribution is 2.10. The Hall–Kier alpha value is -1.91. The summed E-state index contributed by atoms with van der Waals surface area (Å²) in [4.78, 5) is 22.2. The average Bonchev–Trinajstić information content (AvgIpc) is 2.29. The van der Waals surface area contributed by atoms with Crippen LogP contribution in [0.15, 0.2) is 18.2 Å². The summed E-state index contributed by atoms with van der Waals surface area (Å²) < 4.78 is 13.4. The lowest BCUT2D eigenvalue weighted by atomic mass is 10.1. The Morgan fingerprint density at radius 1 is 1.44 bits per heavy atom. The summed E-state index contributed by atoms with van der Waals surface area (Å²) in [5, 5.41) is 11.1. The molecule has 1 unspecified atom stereocenters. The number of carbonyl (C=O) groups excluding carboxylic acids is 1. The fraction of sp³-hybridized carbons (Fsp3) is 0.385. The molecule has 0 aromatic heterocycles. The summed E-state index contributed by atoms with van der Waals surface area (Å²) >= 11 is 0. The lowest BCUT2D eigenvalue weighted by molar-refractivity contribution is -0.137. The lowest BCUT2D eigenvalue weighted by Crippen LogP contribution is -2.33. The van der Waals surface area contributed by atoms with Gasteiger partial charge in [0.25, 0.3) is 5.91 Å². The van der Waals surface area contributed by atoms with Crippen molar-refractivity contribution in [1.29, 1.82) is 0 Å². The largest absolute Gasteiger partial charge is 0.481 e. The number of hydrogen-bond acceptors (Lipinski definition) is 2. The highest BCUT2D eigenvalue weighted by molar-refractivity contribution is 5.94. The molecule has 1 atom stereocenters. The van der Waals surface area contributed by atoms with Crippen LogP contribution >= 0.6 is 0 Å². The van der Waals surface area contributed by atoms with Crippen LogP contribution in [-0.4, -0.2) is 23.0 Å². The van der Waals surface area contributed by atoms with Crippen molar-refractivity contribution >= 4 is 11.9 Å². The maximum Gasteiger partial charge on any atom is 0.303 e. The van der Waals surface area contributed by atoms with Crippen molar-refractivity contribution in [3.8, 4) is 0 Å². The summed E-state index contributed by atoms with van der Waals surface area (Å²) in [6.45, 7) is 3.46. The molecule has 2 N–H and O–H groups in total. The van der Waals surface area contributed by atoms with E-state index in [4.69, 9.17) is 5.11 Å². The first-order chi connectivity index (χ1) is 8.40. The van der Waals surface area contributed by atoms with Gasteiger partial charge in [-0.1, -0.05) is 11.6 Å². The molecular formula is C13H16FNO3. The fourth-order valence-electron chi connectivity index (χ4n) is 1.53. The van der Waals surface area contributed by atoms with Gasteiger partial charge in [-0.2, -0.15) is 0 Å². The normalized spacial score (nSPS) is 11.9. The van der Waals surface area contributed by atoms with Gasteiger partial charge in [0, 0.05) is 12.5 Å². The first-order valence-electron chi connectivity index (χ1n) is 5.69. The van der Waals surface area contributed by atoms with Crippen LogP contribution in [0.4, 0.5) is 4.39 Å². The zero-order valence-corrected chi connectivity index (χ0v) is 10.4. The number of carboxylic acids is 1. The molecule has 0 spiro atoms. The Kier molecular flexibility index (Phi) is 4.83. The number of aliphatic carboxylic acids is 1. The number of hydrogen-bond donors (Lipinski definition) is 2. The summed E-state index contributed by atoms with van der Waals surface area (Å²) in [5.74, 6) is -2.02. The van der Waals surface area contributed by atoms with E-state index in [1.807, 2.05) is 0 Å². The minimum atomic E-state index is -0.919. The van der Waals surface area contributed by atoms with E-state index < -0.39 is 17.7 Å². The molecule has 1 rings (SSSR count). The lowest BCUT2D eigenvalue weighted by Gasteiger charge is -2.13. The monoisotopic (exact) mass is 253 g/mol. The van der Waals surface area contributed by atoms with Gasteiger partial charge in [0.2, 0.25) is 0 Å². The van der Waals surface area contributed by atoms with E-state index >= 15 is 0 Å². The molecule has 18 heavy (non-hydrogen) atoms. The first kappa shape index (κ1) is 14.2. The Bertz CT molecular complexity index is 460. The molecule has 5 heteroatoms. The number of halogens is 1. The van der Waals surface area contributed by atoms with Gasteiger partial charge in [-0.15, -0.1) is 0 Å². The van der Waals surface area contributed by atoms with E-state index in [2.05, 4.69) is 5.32 Å². The second kappa shape index (κ2) is 6.14. The molecule has 1 aromatic rings. The molecule has 98 valence electrons. The highest BCUT2D eigenvalue weighted by Gasteiger charge is 2.14. The molecular weight excluding hydrogens is 237 g/mol. The molecule has 0 fully saturated rings. The molecule has 0 aliphatic carbocycles. The summed E-state index contributed by atoms with van der Waals surface area (Å²) in [7, 11) is 0. The van der Waals surface area contributed by atoms with Crippen molar-refractivity contribution in [3.63, 3.8) is 0 Å². The minimum absolute atomic E-state index is 0.0165. The average molecular weight is 253 g/mol. The molecule has 0 aliphatic rings. The molecule has 1 amide bonds. The van der Waals surface area contributed by atoms with Crippen molar-refractivity contribution in [2.24, 2.45) is 0 Å². The van der Waals surface area contributed by atoms with Crippen LogP contribution in [0.5, 0.6) is 0 Å². The second-order valence-corrected chi connectivity index (χ2v) is 4.29. The summed E-state index contributed by atoms with van der Waals surface area (Å²) in [6.07, 6.45) is 0.284. The van der Waals surface area contributed by atoms with Crippen molar-refractivity contribution < 1.29 is 19.1 Å². The summed E-state index contributed by atoms with van der Waals surface area (Å²) in [5.41, 5.74) is 0.775.